The fourth-order valence-electron chi connectivity index (χ4n) is 1.46. The number of carbonyl (C=O) groups is 1. The van der Waals surface area contributed by atoms with E-state index >= 15 is 0 Å². The Morgan fingerprint density at radius 3 is 2.65 bits per heavy atom. The van der Waals surface area contributed by atoms with E-state index in [4.69, 9.17) is 0 Å². The number of amides is 1. The van der Waals surface area contributed by atoms with Gasteiger partial charge in [0.25, 0.3) is 0 Å². The first kappa shape index (κ1) is 14.7. The van der Waals surface area contributed by atoms with Gasteiger partial charge in [-0.25, -0.2) is 0 Å². The lowest BCUT2D eigenvalue weighted by Crippen LogP contribution is -2.41. The third-order valence-electron chi connectivity index (χ3n) is 2.73. The van der Waals surface area contributed by atoms with Gasteiger partial charge in [-0.1, -0.05) is 49.7 Å². The third-order valence-corrected chi connectivity index (χ3v) is 5.44. The third kappa shape index (κ3) is 4.11. The van der Waals surface area contributed by atoms with Crippen LogP contribution in [-0.2, 0) is 10.2 Å². The normalized spacial score (nSPS) is 13.8. The second kappa shape index (κ2) is 6.01. The van der Waals surface area contributed by atoms with E-state index in [-0.39, 0.29) is 16.1 Å². The van der Waals surface area contributed by atoms with E-state index in [2.05, 4.69) is 46.5 Å². The lowest BCUT2D eigenvalue weighted by atomic mass is 9.91. The molecule has 1 rings (SSSR count). The molecule has 0 saturated heterocycles. The number of thiophene rings is 1. The summed E-state index contributed by atoms with van der Waals surface area (Å²) in [5.41, 5.74) is -0.00642. The second-order valence-electron chi connectivity index (χ2n) is 5.22. The lowest BCUT2D eigenvalue weighted by molar-refractivity contribution is -0.121. The highest BCUT2D eigenvalue weighted by molar-refractivity contribution is 9.10. The van der Waals surface area contributed by atoms with Crippen LogP contribution in [0.15, 0.2) is 17.5 Å². The van der Waals surface area contributed by atoms with Crippen molar-refractivity contribution in [2.75, 3.05) is 6.54 Å². The first-order valence-corrected chi connectivity index (χ1v) is 7.60. The molecule has 1 N–H and O–H groups in total. The summed E-state index contributed by atoms with van der Waals surface area (Å²) in [7, 11) is 0. The van der Waals surface area contributed by atoms with Gasteiger partial charge in [-0.15, -0.1) is 11.3 Å². The van der Waals surface area contributed by atoms with E-state index in [9.17, 15) is 4.79 Å². The summed E-state index contributed by atoms with van der Waals surface area (Å²) < 4.78 is 0. The molecule has 0 bridgehead atoms. The maximum atomic E-state index is 11.8. The average Bonchev–Trinajstić information content (AvgIpc) is 2.78. The highest BCUT2D eigenvalue weighted by atomic mass is 79.9. The summed E-state index contributed by atoms with van der Waals surface area (Å²) in [6, 6.07) is 4.16. The summed E-state index contributed by atoms with van der Waals surface area (Å²) in [5.74, 6) is 0.379. The zero-order valence-electron chi connectivity index (χ0n) is 10.8. The van der Waals surface area contributed by atoms with E-state index in [1.165, 1.54) is 4.88 Å². The van der Waals surface area contributed by atoms with Crippen molar-refractivity contribution in [3.63, 3.8) is 0 Å². The monoisotopic (exact) mass is 317 g/mol. The highest BCUT2D eigenvalue weighted by Crippen LogP contribution is 2.26. The van der Waals surface area contributed by atoms with Crippen LogP contribution in [0, 0.1) is 5.92 Å². The maximum absolute atomic E-state index is 11.8. The van der Waals surface area contributed by atoms with E-state index in [0.717, 1.165) is 0 Å². The van der Waals surface area contributed by atoms with Gasteiger partial charge in [0.05, 0.1) is 4.83 Å². The van der Waals surface area contributed by atoms with Gasteiger partial charge in [0.15, 0.2) is 0 Å². The number of rotatable bonds is 5. The zero-order valence-corrected chi connectivity index (χ0v) is 13.2. The minimum absolute atomic E-state index is 0.00642. The maximum Gasteiger partial charge on any atom is 0.234 e. The number of carbonyl (C=O) groups excluding carboxylic acids is 1. The van der Waals surface area contributed by atoms with Gasteiger partial charge >= 0.3 is 0 Å². The van der Waals surface area contributed by atoms with Crippen molar-refractivity contribution in [1.82, 2.24) is 5.32 Å². The Morgan fingerprint density at radius 2 is 2.18 bits per heavy atom. The van der Waals surface area contributed by atoms with Crippen molar-refractivity contribution in [1.29, 1.82) is 0 Å². The van der Waals surface area contributed by atoms with Crippen LogP contribution in [0.1, 0.15) is 32.6 Å². The van der Waals surface area contributed by atoms with Crippen molar-refractivity contribution in [2.45, 2.75) is 37.9 Å². The van der Waals surface area contributed by atoms with Crippen LogP contribution in [0.4, 0.5) is 0 Å². The fourth-order valence-corrected chi connectivity index (χ4v) is 2.47. The van der Waals surface area contributed by atoms with Crippen LogP contribution in [0.2, 0.25) is 0 Å². The standard InChI is InChI=1S/C13H20BrNOS/c1-9(2)11(14)12(16)15-8-13(3,4)10-6-5-7-17-10/h5-7,9,11H,8H2,1-4H3,(H,15,16). The first-order chi connectivity index (χ1) is 7.84. The van der Waals surface area contributed by atoms with Crippen molar-refractivity contribution in [3.8, 4) is 0 Å². The Balaban J connectivity index is 2.53. The molecule has 0 aliphatic rings. The number of nitrogens with one attached hydrogen (secondary N) is 1. The van der Waals surface area contributed by atoms with Gasteiger partial charge in [-0.05, 0) is 17.4 Å². The van der Waals surface area contributed by atoms with Crippen LogP contribution in [0.5, 0.6) is 0 Å². The fraction of sp³-hybridized carbons (Fsp3) is 0.615. The molecule has 0 aliphatic heterocycles. The Morgan fingerprint density at radius 1 is 1.53 bits per heavy atom. The van der Waals surface area contributed by atoms with Crippen LogP contribution in [0.3, 0.4) is 0 Å². The second-order valence-corrected chi connectivity index (χ2v) is 7.16. The predicted molar refractivity (Wildman–Crippen MR) is 77.9 cm³/mol. The molecule has 0 aromatic carbocycles. The van der Waals surface area contributed by atoms with E-state index < -0.39 is 0 Å². The molecule has 0 aliphatic carbocycles. The predicted octanol–water partition coefficient (Wildman–Crippen LogP) is 3.56. The molecule has 1 amide bonds. The summed E-state index contributed by atoms with van der Waals surface area (Å²) in [5, 5.41) is 5.08. The Labute approximate surface area is 116 Å². The lowest BCUT2D eigenvalue weighted by Gasteiger charge is -2.25. The van der Waals surface area contributed by atoms with Gasteiger partial charge in [-0.2, -0.15) is 0 Å². The summed E-state index contributed by atoms with van der Waals surface area (Å²) >= 11 is 5.15. The summed E-state index contributed by atoms with van der Waals surface area (Å²) in [6.07, 6.45) is 0. The van der Waals surface area contributed by atoms with Crippen LogP contribution < -0.4 is 5.32 Å². The molecule has 1 atom stereocenters. The first-order valence-electron chi connectivity index (χ1n) is 5.80. The molecule has 1 aromatic rings. The van der Waals surface area contributed by atoms with Crippen molar-refractivity contribution < 1.29 is 4.79 Å². The Bertz CT molecular complexity index is 360. The van der Waals surface area contributed by atoms with E-state index in [1.807, 2.05) is 19.9 Å². The molecule has 1 heterocycles. The Kier molecular flexibility index (Phi) is 5.20. The molecule has 4 heteroatoms. The van der Waals surface area contributed by atoms with Gasteiger partial charge in [0.2, 0.25) is 5.91 Å². The van der Waals surface area contributed by atoms with Gasteiger partial charge in [0, 0.05) is 16.8 Å². The van der Waals surface area contributed by atoms with Crippen molar-refractivity contribution >= 4 is 33.2 Å². The van der Waals surface area contributed by atoms with Crippen LogP contribution >= 0.6 is 27.3 Å². The number of halogens is 1. The molecule has 17 heavy (non-hydrogen) atoms. The molecule has 0 spiro atoms. The molecule has 0 saturated carbocycles. The minimum Gasteiger partial charge on any atom is -0.354 e. The minimum atomic E-state index is -0.110. The Hall–Kier alpha value is -0.350. The topological polar surface area (TPSA) is 29.1 Å². The van der Waals surface area contributed by atoms with Crippen LogP contribution in [0.25, 0.3) is 0 Å². The molecule has 1 aromatic heterocycles. The highest BCUT2D eigenvalue weighted by Gasteiger charge is 2.25. The summed E-state index contributed by atoms with van der Waals surface area (Å²) in [4.78, 5) is 13.0. The van der Waals surface area contributed by atoms with Crippen molar-refractivity contribution in [3.05, 3.63) is 22.4 Å². The molecular weight excluding hydrogens is 298 g/mol. The van der Waals surface area contributed by atoms with Crippen molar-refractivity contribution in [2.24, 2.45) is 5.92 Å². The van der Waals surface area contributed by atoms with Gasteiger partial charge < -0.3 is 5.32 Å². The molecule has 1 unspecified atom stereocenters. The molecule has 96 valence electrons. The van der Waals surface area contributed by atoms with Gasteiger partial charge in [0.1, 0.15) is 0 Å². The smallest absolute Gasteiger partial charge is 0.234 e. The average molecular weight is 318 g/mol. The van der Waals surface area contributed by atoms with E-state index in [0.29, 0.717) is 12.5 Å². The molecule has 0 radical (unpaired) electrons. The number of alkyl halides is 1. The molecular formula is C13H20BrNOS. The SMILES string of the molecule is CC(C)C(Br)C(=O)NCC(C)(C)c1cccs1. The zero-order chi connectivity index (χ0) is 13.1. The quantitative estimate of drug-likeness (QED) is 0.826. The number of hydrogen-bond donors (Lipinski definition) is 1. The number of hydrogen-bond acceptors (Lipinski definition) is 2. The summed E-state index contributed by atoms with van der Waals surface area (Å²) in [6.45, 7) is 9.03. The molecule has 2 nitrogen and oxygen atoms in total. The largest absolute Gasteiger partial charge is 0.354 e. The van der Waals surface area contributed by atoms with E-state index in [1.54, 1.807) is 11.3 Å². The van der Waals surface area contributed by atoms with Crippen LogP contribution in [-0.4, -0.2) is 17.3 Å². The van der Waals surface area contributed by atoms with Gasteiger partial charge in [-0.3, -0.25) is 4.79 Å². The molecule has 0 fully saturated rings.